The lowest BCUT2D eigenvalue weighted by Crippen LogP contribution is -1.94. The average Bonchev–Trinajstić information content (AvgIpc) is 2.97. The summed E-state index contributed by atoms with van der Waals surface area (Å²) < 4.78 is 5.58. The Morgan fingerprint density at radius 3 is 2.14 bits per heavy atom. The molecule has 0 saturated carbocycles. The van der Waals surface area contributed by atoms with Crippen molar-refractivity contribution in [2.75, 3.05) is 0 Å². The van der Waals surface area contributed by atoms with E-state index >= 15 is 0 Å². The molecule has 0 aliphatic heterocycles. The van der Waals surface area contributed by atoms with Crippen molar-refractivity contribution < 1.29 is 14.3 Å². The second kappa shape index (κ2) is 5.79. The van der Waals surface area contributed by atoms with Gasteiger partial charge in [-0.05, 0) is 36.4 Å². The van der Waals surface area contributed by atoms with E-state index in [1.807, 2.05) is 0 Å². The lowest BCUT2D eigenvalue weighted by Gasteiger charge is -2.01. The number of hydrogen-bond acceptors (Lipinski definition) is 4. The summed E-state index contributed by atoms with van der Waals surface area (Å²) >= 11 is 12.2. The molecular formula is C15H8Cl2N2O3. The van der Waals surface area contributed by atoms with Crippen molar-refractivity contribution in [2.45, 2.75) is 0 Å². The van der Waals surface area contributed by atoms with Crippen LogP contribution >= 0.6 is 23.2 Å². The summed E-state index contributed by atoms with van der Waals surface area (Å²) in [7, 11) is 0. The van der Waals surface area contributed by atoms with Crippen LogP contribution in [-0.4, -0.2) is 21.3 Å². The van der Waals surface area contributed by atoms with Gasteiger partial charge < -0.3 is 9.52 Å². The highest BCUT2D eigenvalue weighted by Crippen LogP contribution is 2.34. The molecule has 1 heterocycles. The van der Waals surface area contributed by atoms with Crippen LogP contribution in [0.1, 0.15) is 10.4 Å². The molecule has 0 bridgehead atoms. The van der Waals surface area contributed by atoms with Gasteiger partial charge in [0.1, 0.15) is 0 Å². The molecule has 1 aromatic heterocycles. The molecule has 110 valence electrons. The van der Waals surface area contributed by atoms with E-state index in [2.05, 4.69) is 10.2 Å². The van der Waals surface area contributed by atoms with Crippen molar-refractivity contribution in [1.82, 2.24) is 10.2 Å². The third kappa shape index (κ3) is 2.68. The molecule has 0 spiro atoms. The van der Waals surface area contributed by atoms with Crippen molar-refractivity contribution in [2.24, 2.45) is 0 Å². The van der Waals surface area contributed by atoms with Gasteiger partial charge in [-0.2, -0.15) is 0 Å². The fourth-order valence-corrected chi connectivity index (χ4v) is 2.46. The van der Waals surface area contributed by atoms with Crippen LogP contribution in [0.2, 0.25) is 10.0 Å². The molecule has 0 aliphatic rings. The molecule has 0 fully saturated rings. The van der Waals surface area contributed by atoms with Gasteiger partial charge in [0.25, 0.3) is 5.89 Å². The smallest absolute Gasteiger partial charge is 0.335 e. The van der Waals surface area contributed by atoms with Crippen LogP contribution < -0.4 is 0 Å². The molecule has 22 heavy (non-hydrogen) atoms. The van der Waals surface area contributed by atoms with Gasteiger partial charge in [0.15, 0.2) is 0 Å². The van der Waals surface area contributed by atoms with E-state index in [1.54, 1.807) is 30.3 Å². The summed E-state index contributed by atoms with van der Waals surface area (Å²) in [4.78, 5) is 10.8. The summed E-state index contributed by atoms with van der Waals surface area (Å²) in [6, 6.07) is 11.2. The van der Waals surface area contributed by atoms with Crippen molar-refractivity contribution in [3.8, 4) is 22.9 Å². The molecule has 0 aliphatic carbocycles. The van der Waals surface area contributed by atoms with Crippen LogP contribution in [0, 0.1) is 0 Å². The second-order valence-corrected chi connectivity index (χ2v) is 5.21. The van der Waals surface area contributed by atoms with Gasteiger partial charge in [0, 0.05) is 5.56 Å². The van der Waals surface area contributed by atoms with Crippen molar-refractivity contribution in [3.63, 3.8) is 0 Å². The van der Waals surface area contributed by atoms with E-state index in [0.717, 1.165) is 0 Å². The van der Waals surface area contributed by atoms with Gasteiger partial charge >= 0.3 is 5.97 Å². The summed E-state index contributed by atoms with van der Waals surface area (Å²) in [6.07, 6.45) is 0. The van der Waals surface area contributed by atoms with Crippen LogP contribution in [0.4, 0.5) is 0 Å². The number of carbonyl (C=O) groups is 1. The number of benzene rings is 2. The summed E-state index contributed by atoms with van der Waals surface area (Å²) in [5.41, 5.74) is 1.25. The first-order valence-electron chi connectivity index (χ1n) is 6.18. The molecule has 7 heteroatoms. The summed E-state index contributed by atoms with van der Waals surface area (Å²) in [5.74, 6) is -0.545. The predicted molar refractivity (Wildman–Crippen MR) is 82.1 cm³/mol. The molecule has 0 unspecified atom stereocenters. The lowest BCUT2D eigenvalue weighted by atomic mass is 10.1. The Bertz CT molecular complexity index is 824. The van der Waals surface area contributed by atoms with Gasteiger partial charge in [0.2, 0.25) is 5.89 Å². The fourth-order valence-electron chi connectivity index (χ4n) is 1.90. The largest absolute Gasteiger partial charge is 0.478 e. The first-order valence-corrected chi connectivity index (χ1v) is 6.93. The number of hydrogen-bond donors (Lipinski definition) is 1. The quantitative estimate of drug-likeness (QED) is 0.767. The Labute approximate surface area is 135 Å². The molecule has 0 saturated heterocycles. The molecule has 1 N–H and O–H groups in total. The van der Waals surface area contributed by atoms with Gasteiger partial charge in [-0.3, -0.25) is 0 Å². The fraction of sp³-hybridized carbons (Fsp3) is 0. The lowest BCUT2D eigenvalue weighted by molar-refractivity contribution is 0.0697. The average molecular weight is 335 g/mol. The van der Waals surface area contributed by atoms with Crippen molar-refractivity contribution in [3.05, 3.63) is 58.1 Å². The molecule has 2 aromatic carbocycles. The zero-order valence-corrected chi connectivity index (χ0v) is 12.5. The minimum absolute atomic E-state index is 0.178. The third-order valence-electron chi connectivity index (χ3n) is 2.98. The second-order valence-electron chi connectivity index (χ2n) is 4.39. The minimum atomic E-state index is -0.999. The molecule has 3 rings (SSSR count). The van der Waals surface area contributed by atoms with Crippen LogP contribution in [0.15, 0.2) is 46.9 Å². The van der Waals surface area contributed by atoms with Gasteiger partial charge in [-0.15, -0.1) is 10.2 Å². The molecule has 5 nitrogen and oxygen atoms in total. The molecule has 0 atom stereocenters. The van der Waals surface area contributed by atoms with E-state index in [4.69, 9.17) is 32.7 Å². The Hall–Kier alpha value is -2.37. The maximum Gasteiger partial charge on any atom is 0.335 e. The maximum atomic E-state index is 10.8. The zero-order chi connectivity index (χ0) is 15.7. The minimum Gasteiger partial charge on any atom is -0.478 e. The highest BCUT2D eigenvalue weighted by atomic mass is 35.5. The Morgan fingerprint density at radius 1 is 0.955 bits per heavy atom. The zero-order valence-electron chi connectivity index (χ0n) is 11.0. The maximum absolute atomic E-state index is 10.8. The van der Waals surface area contributed by atoms with E-state index in [9.17, 15) is 4.79 Å². The number of carboxylic acid groups (broad SMARTS) is 1. The number of nitrogens with zero attached hydrogens (tertiary/aromatic N) is 2. The topological polar surface area (TPSA) is 76.2 Å². The number of halogens is 2. The number of aromatic carboxylic acids is 1. The van der Waals surface area contributed by atoms with E-state index in [0.29, 0.717) is 21.2 Å². The molecule has 0 amide bonds. The van der Waals surface area contributed by atoms with Crippen LogP contribution in [0.25, 0.3) is 22.9 Å². The van der Waals surface area contributed by atoms with Crippen LogP contribution in [-0.2, 0) is 0 Å². The standard InChI is InChI=1S/C15H8Cl2N2O3/c16-10-2-1-3-11(17)12(10)14-19-18-13(22-14)8-4-6-9(7-5-8)15(20)21/h1-7H,(H,20,21). The van der Waals surface area contributed by atoms with E-state index in [1.165, 1.54) is 12.1 Å². The Morgan fingerprint density at radius 2 is 1.55 bits per heavy atom. The first-order chi connectivity index (χ1) is 10.6. The van der Waals surface area contributed by atoms with Gasteiger partial charge in [-0.25, -0.2) is 4.79 Å². The Balaban J connectivity index is 1.99. The molecule has 3 aromatic rings. The Kier molecular flexibility index (Phi) is 3.83. The number of aromatic nitrogens is 2. The molecule has 0 radical (unpaired) electrons. The highest BCUT2D eigenvalue weighted by molar-refractivity contribution is 6.38. The first kappa shape index (κ1) is 14.6. The highest BCUT2D eigenvalue weighted by Gasteiger charge is 2.16. The normalized spacial score (nSPS) is 10.6. The predicted octanol–water partition coefficient (Wildman–Crippen LogP) is 4.41. The van der Waals surface area contributed by atoms with E-state index < -0.39 is 5.97 Å². The van der Waals surface area contributed by atoms with Gasteiger partial charge in [-0.1, -0.05) is 29.3 Å². The number of carboxylic acids is 1. The number of rotatable bonds is 3. The SMILES string of the molecule is O=C(O)c1ccc(-c2nnc(-c3c(Cl)cccc3Cl)o2)cc1. The van der Waals surface area contributed by atoms with Gasteiger partial charge in [0.05, 0.1) is 21.2 Å². The summed E-state index contributed by atoms with van der Waals surface area (Å²) in [5, 5.41) is 17.6. The third-order valence-corrected chi connectivity index (χ3v) is 3.61. The monoisotopic (exact) mass is 334 g/mol. The van der Waals surface area contributed by atoms with E-state index in [-0.39, 0.29) is 17.3 Å². The van der Waals surface area contributed by atoms with Crippen molar-refractivity contribution >= 4 is 29.2 Å². The van der Waals surface area contributed by atoms with Crippen LogP contribution in [0.5, 0.6) is 0 Å². The molecular weight excluding hydrogens is 327 g/mol. The summed E-state index contributed by atoms with van der Waals surface area (Å²) in [6.45, 7) is 0. The van der Waals surface area contributed by atoms with Crippen LogP contribution in [0.3, 0.4) is 0 Å². The van der Waals surface area contributed by atoms with Crippen molar-refractivity contribution in [1.29, 1.82) is 0 Å².